The van der Waals surface area contributed by atoms with Crippen LogP contribution in [0.5, 0.6) is 28.7 Å². The van der Waals surface area contributed by atoms with Gasteiger partial charge in [0.1, 0.15) is 11.8 Å². The zero-order valence-corrected chi connectivity index (χ0v) is 24.1. The molecule has 41 heavy (non-hydrogen) atoms. The second-order valence-corrected chi connectivity index (χ2v) is 11.1. The summed E-state index contributed by atoms with van der Waals surface area (Å²) in [4.78, 5) is 4.42. The largest absolute Gasteiger partial charge is 0.507 e. The van der Waals surface area contributed by atoms with Crippen LogP contribution in [0.1, 0.15) is 45.5 Å². The van der Waals surface area contributed by atoms with Crippen molar-refractivity contribution in [3.63, 3.8) is 0 Å². The van der Waals surface area contributed by atoms with E-state index in [1.165, 1.54) is 0 Å². The molecule has 2 N–H and O–H groups in total. The van der Waals surface area contributed by atoms with Gasteiger partial charge >= 0.3 is 0 Å². The minimum atomic E-state index is -0.516. The van der Waals surface area contributed by atoms with Crippen molar-refractivity contribution in [1.29, 1.82) is 6.69 Å². The molecule has 1 fully saturated rings. The number of likely N-dealkylation sites (N-methyl/N-ethyl adjacent to an activating group) is 1. The van der Waals surface area contributed by atoms with E-state index in [1.54, 1.807) is 14.2 Å². The van der Waals surface area contributed by atoms with Crippen LogP contribution < -0.4 is 18.9 Å². The molecule has 4 heterocycles. The number of aromatic hydroxyl groups is 1. The molecule has 11 nitrogen and oxygen atoms in total. The fourth-order valence-electron chi connectivity index (χ4n) is 7.43. The minimum absolute atomic E-state index is 0.0100. The lowest BCUT2D eigenvalue weighted by molar-refractivity contribution is -0.0836. The molecule has 0 amide bonds. The molecule has 2 aromatic rings. The third kappa shape index (κ3) is 4.12. The predicted octanol–water partition coefficient (Wildman–Crippen LogP) is 2.51. The summed E-state index contributed by atoms with van der Waals surface area (Å²) in [6.45, 7) is 4.69. The number of aliphatic hydroxyl groups is 1. The standard InChI is InChI=1S/C30H37N3O8/c1-15-8-17-9-19-21(11-31)33-20(10-18-24(22(33)12-34)30-28(40-14-41-30)16(2)26(18)35)25(32(19)3)23(17)29(27(15)37-5)39-13-38-7-6-36-4/h8,19-22,25,34-35H,6-7,9-10,12-14H2,1-5H3/t19-,20?,21-,22-,25-/m0/s1/i34T. The van der Waals surface area contributed by atoms with Crippen LogP contribution in [0.2, 0.25) is 0 Å². The van der Waals surface area contributed by atoms with E-state index in [2.05, 4.69) is 21.9 Å². The Morgan fingerprint density at radius 1 is 1.12 bits per heavy atom. The number of aryl methyl sites for hydroxylation is 1. The molecule has 220 valence electrons. The highest BCUT2D eigenvalue weighted by atomic mass is 16.7. The van der Waals surface area contributed by atoms with E-state index in [9.17, 15) is 10.4 Å². The van der Waals surface area contributed by atoms with E-state index in [4.69, 9.17) is 35.0 Å². The van der Waals surface area contributed by atoms with Crippen LogP contribution in [0.25, 0.3) is 0 Å². The first-order valence-corrected chi connectivity index (χ1v) is 13.9. The molecule has 0 spiro atoms. The van der Waals surface area contributed by atoms with Gasteiger partial charge in [0.15, 0.2) is 29.8 Å². The Balaban J connectivity index is 1.52. The first-order valence-electron chi connectivity index (χ1n) is 14.3. The summed E-state index contributed by atoms with van der Waals surface area (Å²) in [6, 6.07) is 3.06. The zero-order valence-electron chi connectivity index (χ0n) is 25.1. The smallest absolute Gasteiger partial charge is 0.231 e. The number of rotatable bonds is 9. The van der Waals surface area contributed by atoms with Crippen LogP contribution in [0.3, 0.4) is 0 Å². The summed E-state index contributed by atoms with van der Waals surface area (Å²) in [7, 11) is 5.29. The number of benzene rings is 2. The quantitative estimate of drug-likeness (QED) is 0.342. The van der Waals surface area contributed by atoms with Gasteiger partial charge in [-0.05, 0) is 44.9 Å². The summed E-state index contributed by atoms with van der Waals surface area (Å²) in [5.74, 6) is 2.44. The second-order valence-electron chi connectivity index (χ2n) is 11.1. The van der Waals surface area contributed by atoms with Crippen molar-refractivity contribution >= 4 is 0 Å². The molecule has 0 aromatic heterocycles. The number of fused-ring (bicyclic) bond motifs is 9. The van der Waals surface area contributed by atoms with E-state index in [0.29, 0.717) is 54.6 Å². The average molecular weight is 570 g/mol. The van der Waals surface area contributed by atoms with Gasteiger partial charge in [0.2, 0.25) is 8.22 Å². The fraction of sp³-hybridized carbons (Fsp3) is 0.567. The van der Waals surface area contributed by atoms with Crippen molar-refractivity contribution in [2.45, 2.75) is 56.9 Å². The van der Waals surface area contributed by atoms with Crippen LogP contribution >= 0.6 is 0 Å². The maximum absolute atomic E-state index is 11.5. The highest BCUT2D eigenvalue weighted by molar-refractivity contribution is 5.66. The molecule has 2 bridgehead atoms. The molecule has 2 aromatic carbocycles. The zero-order chi connectivity index (χ0) is 29.7. The highest BCUT2D eigenvalue weighted by Gasteiger charge is 2.56. The lowest BCUT2D eigenvalue weighted by Crippen LogP contribution is -2.68. The summed E-state index contributed by atoms with van der Waals surface area (Å²) < 4.78 is 42.4. The molecule has 11 heteroatoms. The molecular weight excluding hydrogens is 530 g/mol. The summed E-state index contributed by atoms with van der Waals surface area (Å²) >= 11 is 0. The molecule has 0 saturated carbocycles. The van der Waals surface area contributed by atoms with Gasteiger partial charge in [0, 0.05) is 41.4 Å². The SMILES string of the molecule is [3H]OC[C@H]1c2c(c(O)c(C)c3c2OCO3)CC2[C@H]3c4c(cc(C)c(OC)c4OCOCCOC)C[C@@H]([C@H](C#N)N21)N3C. The molecule has 0 aliphatic carbocycles. The van der Waals surface area contributed by atoms with Crippen LogP contribution in [-0.2, 0) is 22.3 Å². The van der Waals surface area contributed by atoms with Crippen LogP contribution in [0.4, 0.5) is 0 Å². The van der Waals surface area contributed by atoms with Crippen molar-refractivity contribution in [3.05, 3.63) is 39.4 Å². The monoisotopic (exact) mass is 569 g/mol. The van der Waals surface area contributed by atoms with Crippen molar-refractivity contribution < 1.29 is 38.6 Å². The molecule has 1 saturated heterocycles. The first-order chi connectivity index (χ1) is 20.4. The molecule has 4 aliphatic heterocycles. The summed E-state index contributed by atoms with van der Waals surface area (Å²) in [6.07, 6.45) is 1.06. The van der Waals surface area contributed by atoms with Gasteiger partial charge in [-0.25, -0.2) is 0 Å². The van der Waals surface area contributed by atoms with E-state index in [1.807, 2.05) is 20.9 Å². The third-order valence-electron chi connectivity index (χ3n) is 9.15. The summed E-state index contributed by atoms with van der Waals surface area (Å²) in [5, 5.41) is 27.1. The number of ether oxygens (including phenoxy) is 6. The second kappa shape index (κ2) is 10.9. The topological polar surface area (TPSA) is 126 Å². The Hall–Kier alpha value is -3.27. The molecule has 4 aliphatic rings. The number of aliphatic hydroxyl groups excluding tert-OH is 1. The molecule has 0 radical (unpaired) electrons. The van der Waals surface area contributed by atoms with E-state index < -0.39 is 12.1 Å². The Morgan fingerprint density at radius 3 is 2.66 bits per heavy atom. The van der Waals surface area contributed by atoms with Crippen molar-refractivity contribution in [2.24, 2.45) is 0 Å². The van der Waals surface area contributed by atoms with Crippen LogP contribution in [0, 0.1) is 25.2 Å². The highest BCUT2D eigenvalue weighted by Crippen LogP contribution is 2.58. The number of phenols is 1. The van der Waals surface area contributed by atoms with Crippen LogP contribution in [-0.4, -0.2) is 94.2 Å². The number of methoxy groups -OCH3 is 2. The van der Waals surface area contributed by atoms with Gasteiger partial charge in [0.05, 0.1) is 45.1 Å². The van der Waals surface area contributed by atoms with Crippen molar-refractivity contribution in [3.8, 4) is 34.8 Å². The molecule has 6 rings (SSSR count). The van der Waals surface area contributed by atoms with E-state index >= 15 is 0 Å². The minimum Gasteiger partial charge on any atom is -0.507 e. The molecule has 5 atom stereocenters. The first kappa shape index (κ1) is 26.6. The van der Waals surface area contributed by atoms with Crippen molar-refractivity contribution in [2.75, 3.05) is 54.7 Å². The van der Waals surface area contributed by atoms with Gasteiger partial charge < -0.3 is 38.6 Å². The Labute approximate surface area is 241 Å². The maximum Gasteiger partial charge on any atom is 0.231 e. The van der Waals surface area contributed by atoms with Gasteiger partial charge in [-0.1, -0.05) is 6.07 Å². The van der Waals surface area contributed by atoms with Crippen LogP contribution in [0.15, 0.2) is 6.07 Å². The maximum atomic E-state index is 11.5. The van der Waals surface area contributed by atoms with Crippen molar-refractivity contribution in [1.82, 2.24) is 9.80 Å². The average Bonchev–Trinajstić information content (AvgIpc) is 3.46. The number of hydrogen-bond donors (Lipinski definition) is 2. The van der Waals surface area contributed by atoms with E-state index in [-0.39, 0.29) is 44.1 Å². The number of piperazine rings is 1. The third-order valence-corrected chi connectivity index (χ3v) is 9.15. The Bertz CT molecular complexity index is 1410. The normalized spacial score (nSPS) is 26.4. The van der Waals surface area contributed by atoms with Gasteiger partial charge in [0.25, 0.3) is 0 Å². The number of hydrogen-bond acceptors (Lipinski definition) is 11. The van der Waals surface area contributed by atoms with Gasteiger partial charge in [-0.2, -0.15) is 5.26 Å². The molecular formula is C30H37N3O8. The Morgan fingerprint density at radius 2 is 1.93 bits per heavy atom. The lowest BCUT2D eigenvalue weighted by atomic mass is 9.71. The van der Waals surface area contributed by atoms with Gasteiger partial charge in [-0.15, -0.1) is 0 Å². The fourth-order valence-corrected chi connectivity index (χ4v) is 7.43. The molecule has 1 unspecified atom stereocenters. The number of phenolic OH excluding ortho intramolecular Hbond substituents is 1. The number of nitriles is 1. The van der Waals surface area contributed by atoms with Gasteiger partial charge in [-0.3, -0.25) is 9.80 Å². The summed E-state index contributed by atoms with van der Waals surface area (Å²) in [5.41, 5.74) is 5.06. The van der Waals surface area contributed by atoms with E-state index in [0.717, 1.165) is 27.8 Å². The number of nitrogens with zero attached hydrogens (tertiary/aromatic N) is 3. The Kier molecular flexibility index (Phi) is 7.05. The predicted molar refractivity (Wildman–Crippen MR) is 147 cm³/mol. The lowest BCUT2D eigenvalue weighted by Gasteiger charge is -2.59.